The van der Waals surface area contributed by atoms with Crippen LogP contribution in [-0.4, -0.2) is 37.6 Å². The van der Waals surface area contributed by atoms with E-state index in [0.717, 1.165) is 5.56 Å². The molecule has 0 N–H and O–H groups in total. The molecule has 0 unspecified atom stereocenters. The molecule has 172 valence electrons. The van der Waals surface area contributed by atoms with Crippen LogP contribution < -0.4 is 4.74 Å². The maximum Gasteiger partial charge on any atom is 0.314 e. The Labute approximate surface area is 190 Å². The number of piperidine rings is 1. The Hall–Kier alpha value is -2.51. The fraction of sp³-hybridized carbons (Fsp3) is 0.440. The molecule has 0 radical (unpaired) electrons. The smallest absolute Gasteiger partial charge is 0.314 e. The summed E-state index contributed by atoms with van der Waals surface area (Å²) in [5.74, 6) is -0.327. The van der Waals surface area contributed by atoms with E-state index in [-0.39, 0.29) is 41.1 Å². The van der Waals surface area contributed by atoms with E-state index < -0.39 is 10.0 Å². The molecule has 0 atom stereocenters. The monoisotopic (exact) mass is 457 g/mol. The first-order chi connectivity index (χ1) is 14.9. The molecule has 2 aromatic carbocycles. The standard InChI is InChI=1S/C25H31NO5S/c1-17-15-21(25(3,4)5)9-10-23(17)31-24(28)19-11-13-26(14-12-19)32(29,30)22-8-6-7-20(16-22)18(2)27/h6-10,15-16,19H,11-14H2,1-5H3. The quantitative estimate of drug-likeness (QED) is 0.375. The molecule has 2 aromatic rings. The van der Waals surface area contributed by atoms with E-state index in [1.807, 2.05) is 25.1 Å². The maximum atomic E-state index is 13.0. The van der Waals surface area contributed by atoms with Gasteiger partial charge in [0.2, 0.25) is 10.0 Å². The van der Waals surface area contributed by atoms with Gasteiger partial charge >= 0.3 is 5.97 Å². The second-order valence-corrected chi connectivity index (χ2v) is 11.4. The number of sulfonamides is 1. The fourth-order valence-electron chi connectivity index (χ4n) is 3.78. The third-order valence-electron chi connectivity index (χ3n) is 5.92. The second-order valence-electron chi connectivity index (χ2n) is 9.41. The summed E-state index contributed by atoms with van der Waals surface area (Å²) in [5, 5.41) is 0. The fourth-order valence-corrected chi connectivity index (χ4v) is 5.29. The average molecular weight is 458 g/mol. The summed E-state index contributed by atoms with van der Waals surface area (Å²) in [5.41, 5.74) is 2.44. The first kappa shape index (κ1) is 24.1. The van der Waals surface area contributed by atoms with Crippen LogP contribution in [0.4, 0.5) is 0 Å². The summed E-state index contributed by atoms with van der Waals surface area (Å²) >= 11 is 0. The number of ketones is 1. The summed E-state index contributed by atoms with van der Waals surface area (Å²) < 4.78 is 33.0. The van der Waals surface area contributed by atoms with Gasteiger partial charge < -0.3 is 4.74 Å². The molecule has 0 amide bonds. The van der Waals surface area contributed by atoms with Crippen LogP contribution in [0.2, 0.25) is 0 Å². The molecule has 6 nitrogen and oxygen atoms in total. The van der Waals surface area contributed by atoms with Crippen molar-refractivity contribution in [3.8, 4) is 5.75 Å². The number of rotatable bonds is 5. The number of benzene rings is 2. The van der Waals surface area contributed by atoms with Gasteiger partial charge in [0.1, 0.15) is 5.75 Å². The molecule has 1 aliphatic heterocycles. The predicted molar refractivity (Wildman–Crippen MR) is 123 cm³/mol. The SMILES string of the molecule is CC(=O)c1cccc(S(=O)(=O)N2CCC(C(=O)Oc3ccc(C(C)(C)C)cc3C)CC2)c1. The maximum absolute atomic E-state index is 13.0. The number of Topliss-reactive ketones (excluding diaryl/α,β-unsaturated/α-hetero) is 1. The largest absolute Gasteiger partial charge is 0.426 e. The van der Waals surface area contributed by atoms with Gasteiger partial charge in [0.05, 0.1) is 10.8 Å². The van der Waals surface area contributed by atoms with Crippen molar-refractivity contribution < 1.29 is 22.7 Å². The van der Waals surface area contributed by atoms with E-state index >= 15 is 0 Å². The van der Waals surface area contributed by atoms with Crippen molar-refractivity contribution in [1.82, 2.24) is 4.31 Å². The average Bonchev–Trinajstić information content (AvgIpc) is 2.74. The van der Waals surface area contributed by atoms with E-state index in [0.29, 0.717) is 24.2 Å². The Kier molecular flexibility index (Phi) is 6.91. The van der Waals surface area contributed by atoms with Gasteiger partial charge in [0.25, 0.3) is 0 Å². The van der Waals surface area contributed by atoms with Crippen molar-refractivity contribution in [3.05, 3.63) is 59.2 Å². The van der Waals surface area contributed by atoms with Gasteiger partial charge in [0.15, 0.2) is 5.78 Å². The van der Waals surface area contributed by atoms with Gasteiger partial charge in [-0.05, 0) is 61.4 Å². The zero-order valence-corrected chi connectivity index (χ0v) is 20.2. The van der Waals surface area contributed by atoms with Gasteiger partial charge in [-0.3, -0.25) is 9.59 Å². The highest BCUT2D eigenvalue weighted by Gasteiger charge is 2.33. The van der Waals surface area contributed by atoms with Crippen LogP contribution >= 0.6 is 0 Å². The van der Waals surface area contributed by atoms with E-state index in [2.05, 4.69) is 20.8 Å². The van der Waals surface area contributed by atoms with Gasteiger partial charge in [-0.25, -0.2) is 8.42 Å². The molecular formula is C25H31NO5S. The highest BCUT2D eigenvalue weighted by molar-refractivity contribution is 7.89. The zero-order chi connectivity index (χ0) is 23.7. The number of ether oxygens (including phenoxy) is 1. The molecule has 0 bridgehead atoms. The topological polar surface area (TPSA) is 80.8 Å². The van der Waals surface area contributed by atoms with E-state index in [1.165, 1.54) is 28.9 Å². The van der Waals surface area contributed by atoms with Gasteiger partial charge in [-0.1, -0.05) is 45.0 Å². The van der Waals surface area contributed by atoms with Crippen LogP contribution in [0.5, 0.6) is 5.75 Å². The number of hydrogen-bond donors (Lipinski definition) is 0. The van der Waals surface area contributed by atoms with Gasteiger partial charge in [-0.2, -0.15) is 4.31 Å². The molecule has 3 rings (SSSR count). The van der Waals surface area contributed by atoms with E-state index in [9.17, 15) is 18.0 Å². The molecule has 32 heavy (non-hydrogen) atoms. The lowest BCUT2D eigenvalue weighted by molar-refractivity contribution is -0.140. The summed E-state index contributed by atoms with van der Waals surface area (Å²) in [7, 11) is -3.72. The third kappa shape index (κ3) is 5.27. The number of hydrogen-bond acceptors (Lipinski definition) is 5. The number of carbonyl (C=O) groups is 2. The van der Waals surface area contributed by atoms with Crippen molar-refractivity contribution in [2.24, 2.45) is 5.92 Å². The molecule has 0 spiro atoms. The summed E-state index contributed by atoms with van der Waals surface area (Å²) in [4.78, 5) is 24.4. The highest BCUT2D eigenvalue weighted by Crippen LogP contribution is 2.30. The molecule has 1 fully saturated rings. The molecule has 0 saturated carbocycles. The van der Waals surface area contributed by atoms with Crippen LogP contribution in [0.15, 0.2) is 47.4 Å². The lowest BCUT2D eigenvalue weighted by Gasteiger charge is -2.30. The molecule has 1 aliphatic rings. The lowest BCUT2D eigenvalue weighted by Crippen LogP contribution is -2.41. The molecule has 0 aliphatic carbocycles. The van der Waals surface area contributed by atoms with Crippen molar-refractivity contribution >= 4 is 21.8 Å². The van der Waals surface area contributed by atoms with E-state index in [1.54, 1.807) is 12.1 Å². The van der Waals surface area contributed by atoms with Crippen LogP contribution in [0.1, 0.15) is 62.0 Å². The van der Waals surface area contributed by atoms with Crippen LogP contribution in [-0.2, 0) is 20.2 Å². The summed E-state index contributed by atoms with van der Waals surface area (Å²) in [6, 6.07) is 11.9. The minimum absolute atomic E-state index is 0.00948. The number of carbonyl (C=O) groups excluding carboxylic acids is 2. The Morgan fingerprint density at radius 3 is 2.25 bits per heavy atom. The van der Waals surface area contributed by atoms with Crippen LogP contribution in [0.25, 0.3) is 0 Å². The summed E-state index contributed by atoms with van der Waals surface area (Å²) in [6.07, 6.45) is 0.785. The Balaban J connectivity index is 1.65. The lowest BCUT2D eigenvalue weighted by atomic mass is 9.86. The second kappa shape index (κ2) is 9.16. The first-order valence-corrected chi connectivity index (χ1v) is 12.3. The first-order valence-electron chi connectivity index (χ1n) is 10.8. The van der Waals surface area contributed by atoms with Gasteiger partial charge in [0, 0.05) is 18.7 Å². The minimum Gasteiger partial charge on any atom is -0.426 e. The van der Waals surface area contributed by atoms with Crippen LogP contribution in [0.3, 0.4) is 0 Å². The Bertz CT molecular complexity index is 1120. The zero-order valence-electron chi connectivity index (χ0n) is 19.3. The number of aryl methyl sites for hydroxylation is 1. The number of esters is 1. The van der Waals surface area contributed by atoms with Crippen molar-refractivity contribution in [1.29, 1.82) is 0 Å². The highest BCUT2D eigenvalue weighted by atomic mass is 32.2. The predicted octanol–water partition coefficient (Wildman–Crippen LogP) is 4.50. The molecule has 7 heteroatoms. The van der Waals surface area contributed by atoms with Crippen molar-refractivity contribution in [2.45, 2.75) is 57.8 Å². The minimum atomic E-state index is -3.72. The molecule has 1 heterocycles. The molecule has 1 saturated heterocycles. The molecule has 0 aromatic heterocycles. The number of nitrogens with zero attached hydrogens (tertiary/aromatic N) is 1. The van der Waals surface area contributed by atoms with E-state index in [4.69, 9.17) is 4.74 Å². The summed E-state index contributed by atoms with van der Waals surface area (Å²) in [6.45, 7) is 10.2. The Morgan fingerprint density at radius 1 is 1.03 bits per heavy atom. The van der Waals surface area contributed by atoms with Crippen molar-refractivity contribution in [2.75, 3.05) is 13.1 Å². The third-order valence-corrected chi connectivity index (χ3v) is 7.81. The van der Waals surface area contributed by atoms with Crippen LogP contribution in [0, 0.1) is 12.8 Å². The van der Waals surface area contributed by atoms with Crippen molar-refractivity contribution in [3.63, 3.8) is 0 Å². The normalized spacial score (nSPS) is 16.0. The Morgan fingerprint density at radius 2 is 1.69 bits per heavy atom. The molecular weight excluding hydrogens is 426 g/mol. The van der Waals surface area contributed by atoms with Gasteiger partial charge in [-0.15, -0.1) is 0 Å².